The topological polar surface area (TPSA) is 63.6 Å². The number of ketones is 1. The van der Waals surface area contributed by atoms with Gasteiger partial charge in [0.2, 0.25) is 0 Å². The van der Waals surface area contributed by atoms with Gasteiger partial charge in [-0.15, -0.1) is 0 Å². The molecule has 86 valence electrons. The Bertz CT molecular complexity index is 264. The van der Waals surface area contributed by atoms with Crippen LogP contribution in [0, 0.1) is 5.41 Å². The van der Waals surface area contributed by atoms with Gasteiger partial charge >= 0.3 is 5.97 Å². The van der Waals surface area contributed by atoms with Crippen molar-refractivity contribution >= 4 is 11.8 Å². The fraction of sp³-hybridized carbons (Fsp3) is 0.818. The van der Waals surface area contributed by atoms with Crippen LogP contribution in [0.2, 0.25) is 0 Å². The second-order valence-electron chi connectivity index (χ2n) is 5.00. The quantitative estimate of drug-likeness (QED) is 0.758. The third-order valence-electron chi connectivity index (χ3n) is 2.57. The van der Waals surface area contributed by atoms with Crippen molar-refractivity contribution in [3.8, 4) is 0 Å². The number of Topliss-reactive ketones (excluding diaryl/α,β-unsaturated/α-hetero) is 1. The number of carbonyl (C=O) groups is 2. The molecular weight excluding hydrogens is 196 g/mol. The van der Waals surface area contributed by atoms with Gasteiger partial charge in [-0.25, -0.2) is 4.79 Å². The van der Waals surface area contributed by atoms with Gasteiger partial charge in [-0.05, 0) is 19.3 Å². The molecule has 0 aliphatic carbocycles. The fourth-order valence-electron chi connectivity index (χ4n) is 1.68. The van der Waals surface area contributed by atoms with Crippen LogP contribution in [0.4, 0.5) is 0 Å². The molecule has 15 heavy (non-hydrogen) atoms. The first-order valence-corrected chi connectivity index (χ1v) is 5.25. The molecule has 1 saturated heterocycles. The van der Waals surface area contributed by atoms with E-state index in [1.807, 2.05) is 20.8 Å². The van der Waals surface area contributed by atoms with Crippen LogP contribution in [0.3, 0.4) is 0 Å². The van der Waals surface area contributed by atoms with Gasteiger partial charge in [0.05, 0.1) is 0 Å². The summed E-state index contributed by atoms with van der Waals surface area (Å²) in [5, 5.41) is 8.80. The van der Waals surface area contributed by atoms with E-state index >= 15 is 0 Å². The Morgan fingerprint density at radius 2 is 1.73 bits per heavy atom. The van der Waals surface area contributed by atoms with Gasteiger partial charge in [0.15, 0.2) is 11.9 Å². The molecule has 1 aliphatic rings. The maximum absolute atomic E-state index is 11.9. The molecule has 0 aromatic heterocycles. The average molecular weight is 214 g/mol. The van der Waals surface area contributed by atoms with Crippen molar-refractivity contribution in [2.75, 3.05) is 0 Å². The van der Waals surface area contributed by atoms with Crippen LogP contribution >= 0.6 is 0 Å². The molecule has 1 aliphatic heterocycles. The second kappa shape index (κ2) is 4.31. The van der Waals surface area contributed by atoms with Crippen molar-refractivity contribution in [2.45, 2.75) is 52.2 Å². The Hall–Kier alpha value is -0.900. The number of carboxylic acid groups (broad SMARTS) is 1. The summed E-state index contributed by atoms with van der Waals surface area (Å²) in [6.07, 6.45) is 0.530. The minimum Gasteiger partial charge on any atom is -0.479 e. The van der Waals surface area contributed by atoms with E-state index in [0.29, 0.717) is 12.8 Å². The van der Waals surface area contributed by atoms with Crippen LogP contribution in [-0.2, 0) is 14.3 Å². The van der Waals surface area contributed by atoms with E-state index in [4.69, 9.17) is 9.84 Å². The Balaban J connectivity index is 2.64. The smallest absolute Gasteiger partial charge is 0.332 e. The van der Waals surface area contributed by atoms with Crippen LogP contribution < -0.4 is 0 Å². The van der Waals surface area contributed by atoms with Gasteiger partial charge in [0, 0.05) is 5.41 Å². The largest absolute Gasteiger partial charge is 0.479 e. The summed E-state index contributed by atoms with van der Waals surface area (Å²) in [4.78, 5) is 22.6. The molecule has 1 rings (SSSR count). The monoisotopic (exact) mass is 214 g/mol. The molecule has 0 aromatic rings. The zero-order valence-corrected chi connectivity index (χ0v) is 9.45. The third kappa shape index (κ3) is 3.02. The fourth-order valence-corrected chi connectivity index (χ4v) is 1.68. The standard InChI is InChI=1S/C11H18O4/c1-11(2,3)9(12)7-5-4-6-8(15-7)10(13)14/h7-8H,4-6H2,1-3H3,(H,13,14). The Labute approximate surface area is 89.6 Å². The summed E-state index contributed by atoms with van der Waals surface area (Å²) in [6.45, 7) is 5.47. The van der Waals surface area contributed by atoms with E-state index in [9.17, 15) is 9.59 Å². The molecule has 0 radical (unpaired) electrons. The van der Waals surface area contributed by atoms with Crippen molar-refractivity contribution < 1.29 is 19.4 Å². The molecule has 2 unspecified atom stereocenters. The predicted octanol–water partition coefficient (Wildman–Crippen LogP) is 1.62. The molecule has 1 heterocycles. The molecule has 0 spiro atoms. The lowest BCUT2D eigenvalue weighted by Crippen LogP contribution is -2.42. The number of ether oxygens (including phenoxy) is 1. The highest BCUT2D eigenvalue weighted by Crippen LogP contribution is 2.26. The molecule has 1 fully saturated rings. The number of carboxylic acids is 1. The highest BCUT2D eigenvalue weighted by Gasteiger charge is 2.36. The minimum absolute atomic E-state index is 0.00606. The highest BCUT2D eigenvalue weighted by atomic mass is 16.5. The molecule has 0 bridgehead atoms. The first kappa shape index (κ1) is 12.2. The van der Waals surface area contributed by atoms with Crippen LogP contribution in [0.15, 0.2) is 0 Å². The Kier molecular flexibility index (Phi) is 3.50. The summed E-state index contributed by atoms with van der Waals surface area (Å²) < 4.78 is 5.29. The normalized spacial score (nSPS) is 27.4. The van der Waals surface area contributed by atoms with Crippen molar-refractivity contribution in [2.24, 2.45) is 5.41 Å². The number of hydrogen-bond donors (Lipinski definition) is 1. The van der Waals surface area contributed by atoms with Crippen LogP contribution in [0.1, 0.15) is 40.0 Å². The molecular formula is C11H18O4. The molecule has 4 heteroatoms. The van der Waals surface area contributed by atoms with Crippen molar-refractivity contribution in [1.29, 1.82) is 0 Å². The lowest BCUT2D eigenvalue weighted by atomic mass is 9.85. The summed E-state index contributed by atoms with van der Waals surface area (Å²) in [5.74, 6) is -0.977. The molecule has 4 nitrogen and oxygen atoms in total. The van der Waals surface area contributed by atoms with E-state index in [0.717, 1.165) is 6.42 Å². The van der Waals surface area contributed by atoms with Crippen LogP contribution in [0.5, 0.6) is 0 Å². The Morgan fingerprint density at radius 3 is 2.20 bits per heavy atom. The van der Waals surface area contributed by atoms with Gasteiger partial charge in [-0.3, -0.25) is 4.79 Å². The van der Waals surface area contributed by atoms with E-state index in [1.54, 1.807) is 0 Å². The summed E-state index contributed by atoms with van der Waals surface area (Å²) in [6, 6.07) is 0. The molecule has 0 aromatic carbocycles. The van der Waals surface area contributed by atoms with E-state index in [-0.39, 0.29) is 5.78 Å². The number of rotatable bonds is 2. The lowest BCUT2D eigenvalue weighted by Gasteiger charge is -2.30. The minimum atomic E-state index is -0.971. The average Bonchev–Trinajstić information content (AvgIpc) is 2.15. The van der Waals surface area contributed by atoms with E-state index in [1.165, 1.54) is 0 Å². The number of carbonyl (C=O) groups excluding carboxylic acids is 1. The zero-order chi connectivity index (χ0) is 11.6. The molecule has 2 atom stereocenters. The molecule has 0 saturated carbocycles. The first-order chi connectivity index (χ1) is 6.82. The highest BCUT2D eigenvalue weighted by molar-refractivity contribution is 5.88. The van der Waals surface area contributed by atoms with Crippen LogP contribution in [0.25, 0.3) is 0 Å². The molecule has 1 N–H and O–H groups in total. The number of hydrogen-bond acceptors (Lipinski definition) is 3. The van der Waals surface area contributed by atoms with Crippen LogP contribution in [-0.4, -0.2) is 29.1 Å². The van der Waals surface area contributed by atoms with Crippen molar-refractivity contribution in [1.82, 2.24) is 0 Å². The second-order valence-corrected chi connectivity index (χ2v) is 5.00. The van der Waals surface area contributed by atoms with Gasteiger partial charge in [-0.2, -0.15) is 0 Å². The van der Waals surface area contributed by atoms with E-state index < -0.39 is 23.6 Å². The zero-order valence-electron chi connectivity index (χ0n) is 9.45. The summed E-state index contributed by atoms with van der Waals surface area (Å²) >= 11 is 0. The van der Waals surface area contributed by atoms with Gasteiger partial charge in [0.1, 0.15) is 6.10 Å². The predicted molar refractivity (Wildman–Crippen MR) is 54.6 cm³/mol. The number of aliphatic carboxylic acids is 1. The maximum Gasteiger partial charge on any atom is 0.332 e. The van der Waals surface area contributed by atoms with Crippen molar-refractivity contribution in [3.63, 3.8) is 0 Å². The van der Waals surface area contributed by atoms with Gasteiger partial charge in [-0.1, -0.05) is 20.8 Å². The van der Waals surface area contributed by atoms with E-state index in [2.05, 4.69) is 0 Å². The molecule has 0 amide bonds. The Morgan fingerprint density at radius 1 is 1.20 bits per heavy atom. The maximum atomic E-state index is 11.9. The summed E-state index contributed by atoms with van der Waals surface area (Å²) in [7, 11) is 0. The lowest BCUT2D eigenvalue weighted by molar-refractivity contribution is -0.165. The summed E-state index contributed by atoms with van der Waals surface area (Å²) in [5.41, 5.74) is -0.467. The van der Waals surface area contributed by atoms with Crippen molar-refractivity contribution in [3.05, 3.63) is 0 Å². The first-order valence-electron chi connectivity index (χ1n) is 5.25. The van der Waals surface area contributed by atoms with Gasteiger partial charge in [0.25, 0.3) is 0 Å². The SMILES string of the molecule is CC(C)(C)C(=O)C1CCCC(C(=O)O)O1. The third-order valence-corrected chi connectivity index (χ3v) is 2.57. The van der Waals surface area contributed by atoms with Gasteiger partial charge < -0.3 is 9.84 Å².